The van der Waals surface area contributed by atoms with Gasteiger partial charge in [-0.2, -0.15) is 4.37 Å². The van der Waals surface area contributed by atoms with E-state index < -0.39 is 0 Å². The van der Waals surface area contributed by atoms with Gasteiger partial charge >= 0.3 is 0 Å². The van der Waals surface area contributed by atoms with Gasteiger partial charge in [0, 0.05) is 0 Å². The summed E-state index contributed by atoms with van der Waals surface area (Å²) in [4.78, 5) is 1.10. The Morgan fingerprint density at radius 1 is 0.828 bits per heavy atom. The van der Waals surface area contributed by atoms with Crippen molar-refractivity contribution in [3.8, 4) is 44.7 Å². The van der Waals surface area contributed by atoms with E-state index in [-0.39, 0.29) is 0 Å². The number of hydrogen-bond acceptors (Lipinski definition) is 6. The standard InChI is InChI=1S/C23H27NO4S/c1-6-7-8-15-9-11-16(12-10-15)20-14-18(24-29-20)17-13-19(25-2)22(27-4)23(28-5)21(17)26-3/h9-14H,6-8H2,1-5H3. The van der Waals surface area contributed by atoms with Gasteiger partial charge in [0.1, 0.15) is 0 Å². The van der Waals surface area contributed by atoms with E-state index in [1.54, 1.807) is 28.4 Å². The first-order chi connectivity index (χ1) is 14.2. The molecule has 0 bridgehead atoms. The summed E-state index contributed by atoms with van der Waals surface area (Å²) in [5.41, 5.74) is 4.12. The van der Waals surface area contributed by atoms with Crippen LogP contribution in [0.3, 0.4) is 0 Å². The third-order valence-electron chi connectivity index (χ3n) is 4.83. The second-order valence-electron chi connectivity index (χ2n) is 6.60. The predicted molar refractivity (Wildman–Crippen MR) is 118 cm³/mol. The number of aryl methyl sites for hydroxylation is 1. The molecule has 1 heterocycles. The fourth-order valence-corrected chi connectivity index (χ4v) is 4.03. The summed E-state index contributed by atoms with van der Waals surface area (Å²) >= 11 is 1.46. The molecule has 3 aromatic rings. The van der Waals surface area contributed by atoms with Gasteiger partial charge in [0.25, 0.3) is 0 Å². The first-order valence-electron chi connectivity index (χ1n) is 9.60. The van der Waals surface area contributed by atoms with Crippen molar-refractivity contribution in [2.24, 2.45) is 0 Å². The molecular weight excluding hydrogens is 386 g/mol. The number of nitrogens with zero attached hydrogens (tertiary/aromatic N) is 1. The lowest BCUT2D eigenvalue weighted by Crippen LogP contribution is -1.99. The van der Waals surface area contributed by atoms with Crippen LogP contribution in [0.15, 0.2) is 36.4 Å². The minimum Gasteiger partial charge on any atom is -0.493 e. The summed E-state index contributed by atoms with van der Waals surface area (Å²) in [5, 5.41) is 0. The summed E-state index contributed by atoms with van der Waals surface area (Å²) in [6.45, 7) is 2.21. The molecule has 0 atom stereocenters. The molecule has 0 saturated carbocycles. The highest BCUT2D eigenvalue weighted by atomic mass is 32.1. The Morgan fingerprint density at radius 3 is 2.10 bits per heavy atom. The van der Waals surface area contributed by atoms with Crippen LogP contribution in [0.2, 0.25) is 0 Å². The van der Waals surface area contributed by atoms with Crippen molar-refractivity contribution < 1.29 is 18.9 Å². The summed E-state index contributed by atoms with van der Waals surface area (Å²) in [6.07, 6.45) is 3.54. The van der Waals surface area contributed by atoms with Crippen LogP contribution in [0, 0.1) is 0 Å². The van der Waals surface area contributed by atoms with Crippen LogP contribution in [0.4, 0.5) is 0 Å². The van der Waals surface area contributed by atoms with E-state index in [1.165, 1.54) is 29.9 Å². The van der Waals surface area contributed by atoms with Crippen LogP contribution in [0.1, 0.15) is 25.3 Å². The van der Waals surface area contributed by atoms with Crippen molar-refractivity contribution in [3.63, 3.8) is 0 Å². The van der Waals surface area contributed by atoms with E-state index in [9.17, 15) is 0 Å². The highest BCUT2D eigenvalue weighted by Crippen LogP contribution is 2.50. The number of methoxy groups -OCH3 is 4. The fraction of sp³-hybridized carbons (Fsp3) is 0.348. The van der Waals surface area contributed by atoms with Crippen molar-refractivity contribution in [1.82, 2.24) is 4.37 Å². The van der Waals surface area contributed by atoms with Gasteiger partial charge in [0.2, 0.25) is 11.5 Å². The Balaban J connectivity index is 1.99. The van der Waals surface area contributed by atoms with E-state index in [1.807, 2.05) is 6.07 Å². The molecule has 3 rings (SSSR count). The Morgan fingerprint density at radius 2 is 1.52 bits per heavy atom. The Hall–Kier alpha value is -2.73. The molecule has 5 nitrogen and oxygen atoms in total. The van der Waals surface area contributed by atoms with Crippen LogP contribution >= 0.6 is 11.5 Å². The molecule has 0 fully saturated rings. The molecule has 0 radical (unpaired) electrons. The minimum absolute atomic E-state index is 0.485. The molecule has 154 valence electrons. The SMILES string of the molecule is CCCCc1ccc(-c2cc(-c3cc(OC)c(OC)c(OC)c3OC)ns2)cc1. The molecule has 2 aromatic carbocycles. The Bertz CT molecular complexity index is 950. The molecule has 0 saturated heterocycles. The fourth-order valence-electron chi connectivity index (χ4n) is 3.28. The van der Waals surface area contributed by atoms with E-state index in [0.29, 0.717) is 23.0 Å². The van der Waals surface area contributed by atoms with Crippen LogP contribution in [-0.2, 0) is 6.42 Å². The van der Waals surface area contributed by atoms with Gasteiger partial charge in [0.15, 0.2) is 11.5 Å². The number of aromatic nitrogens is 1. The second kappa shape index (κ2) is 9.65. The van der Waals surface area contributed by atoms with Crippen molar-refractivity contribution >= 4 is 11.5 Å². The smallest absolute Gasteiger partial charge is 0.207 e. The normalized spacial score (nSPS) is 10.7. The second-order valence-corrected chi connectivity index (χ2v) is 7.41. The van der Waals surface area contributed by atoms with Crippen molar-refractivity contribution in [2.75, 3.05) is 28.4 Å². The zero-order valence-electron chi connectivity index (χ0n) is 17.6. The number of unbranched alkanes of at least 4 members (excludes halogenated alkanes) is 1. The highest BCUT2D eigenvalue weighted by molar-refractivity contribution is 7.09. The van der Waals surface area contributed by atoms with Gasteiger partial charge in [0.05, 0.1) is 44.6 Å². The molecule has 0 spiro atoms. The van der Waals surface area contributed by atoms with Crippen LogP contribution in [0.25, 0.3) is 21.7 Å². The molecule has 0 amide bonds. The molecule has 0 unspecified atom stereocenters. The maximum atomic E-state index is 5.64. The summed E-state index contributed by atoms with van der Waals surface area (Å²) in [6, 6.07) is 12.7. The summed E-state index contributed by atoms with van der Waals surface area (Å²) < 4.78 is 26.8. The number of benzene rings is 2. The summed E-state index contributed by atoms with van der Waals surface area (Å²) in [7, 11) is 6.36. The zero-order chi connectivity index (χ0) is 20.8. The molecule has 0 aliphatic heterocycles. The third-order valence-corrected chi connectivity index (χ3v) is 5.67. The number of ether oxygens (including phenoxy) is 4. The van der Waals surface area contributed by atoms with E-state index >= 15 is 0 Å². The maximum absolute atomic E-state index is 5.64. The average Bonchev–Trinajstić information content (AvgIpc) is 3.26. The molecule has 0 aliphatic rings. The molecule has 0 N–H and O–H groups in total. The lowest BCUT2D eigenvalue weighted by Gasteiger charge is -2.17. The van der Waals surface area contributed by atoms with E-state index in [2.05, 4.69) is 41.6 Å². The average molecular weight is 414 g/mol. The highest BCUT2D eigenvalue weighted by Gasteiger charge is 2.23. The molecule has 0 aliphatic carbocycles. The molecule has 6 heteroatoms. The van der Waals surface area contributed by atoms with E-state index in [4.69, 9.17) is 18.9 Å². The first-order valence-corrected chi connectivity index (χ1v) is 10.4. The molecule has 1 aromatic heterocycles. The van der Waals surface area contributed by atoms with Gasteiger partial charge < -0.3 is 18.9 Å². The van der Waals surface area contributed by atoms with Crippen molar-refractivity contribution in [2.45, 2.75) is 26.2 Å². The lowest BCUT2D eigenvalue weighted by molar-refractivity contribution is 0.306. The van der Waals surface area contributed by atoms with Crippen molar-refractivity contribution in [1.29, 1.82) is 0 Å². The molecular formula is C23H27NO4S. The minimum atomic E-state index is 0.485. The predicted octanol–water partition coefficient (Wildman–Crippen LogP) is 5.85. The molecule has 29 heavy (non-hydrogen) atoms. The maximum Gasteiger partial charge on any atom is 0.207 e. The third kappa shape index (κ3) is 4.32. The van der Waals surface area contributed by atoms with Crippen LogP contribution in [-0.4, -0.2) is 32.8 Å². The Kier molecular flexibility index (Phi) is 6.99. The number of hydrogen-bond donors (Lipinski definition) is 0. The lowest BCUT2D eigenvalue weighted by atomic mass is 10.0. The van der Waals surface area contributed by atoms with Gasteiger partial charge in [-0.1, -0.05) is 37.6 Å². The van der Waals surface area contributed by atoms with Crippen LogP contribution in [0.5, 0.6) is 23.0 Å². The van der Waals surface area contributed by atoms with Gasteiger partial charge in [-0.15, -0.1) is 0 Å². The van der Waals surface area contributed by atoms with Gasteiger partial charge in [-0.25, -0.2) is 0 Å². The monoisotopic (exact) mass is 413 g/mol. The quantitative estimate of drug-likeness (QED) is 0.440. The summed E-state index contributed by atoms with van der Waals surface area (Å²) in [5.74, 6) is 2.11. The Labute approximate surface area is 176 Å². The first kappa shape index (κ1) is 21.0. The van der Waals surface area contributed by atoms with Gasteiger partial charge in [-0.05, 0) is 47.6 Å². The zero-order valence-corrected chi connectivity index (χ0v) is 18.4. The number of rotatable bonds is 9. The van der Waals surface area contributed by atoms with Crippen LogP contribution < -0.4 is 18.9 Å². The van der Waals surface area contributed by atoms with Crippen molar-refractivity contribution in [3.05, 3.63) is 42.0 Å². The van der Waals surface area contributed by atoms with E-state index in [0.717, 1.165) is 28.1 Å². The van der Waals surface area contributed by atoms with Gasteiger partial charge in [-0.3, -0.25) is 0 Å². The topological polar surface area (TPSA) is 49.8 Å². The largest absolute Gasteiger partial charge is 0.493 e.